The minimum absolute atomic E-state index is 0.0292. The summed E-state index contributed by atoms with van der Waals surface area (Å²) >= 11 is 6.06. The maximum absolute atomic E-state index is 12.5. The number of carbonyl (C=O) groups excluding carboxylic acids is 3. The molecule has 4 aliphatic rings. The molecule has 4 aliphatic carbocycles. The first-order valence-corrected chi connectivity index (χ1v) is 12.1. The smallest absolute Gasteiger partial charge is 0.315 e. The Hall–Kier alpha value is -2.28. The minimum Gasteiger partial charge on any atom is -0.350 e. The van der Waals surface area contributed by atoms with Crippen molar-refractivity contribution in [1.29, 1.82) is 0 Å². The van der Waals surface area contributed by atoms with Gasteiger partial charge in [0.25, 0.3) is 5.91 Å². The Morgan fingerprint density at radius 1 is 1.06 bits per heavy atom. The lowest BCUT2D eigenvalue weighted by molar-refractivity contribution is -0.116. The SMILES string of the molecule is CC(C)NC(=O)c1ccc(Cl)cc1NC(=O)CCNC(=O)NC12CC3CC(CC(C3)C1)C2. The van der Waals surface area contributed by atoms with Crippen LogP contribution in [0.5, 0.6) is 0 Å². The van der Waals surface area contributed by atoms with Gasteiger partial charge in [0.2, 0.25) is 5.91 Å². The molecular formula is C24H33ClN4O3. The van der Waals surface area contributed by atoms with Gasteiger partial charge in [-0.05, 0) is 88.3 Å². The average molecular weight is 461 g/mol. The van der Waals surface area contributed by atoms with Crippen LogP contribution < -0.4 is 21.3 Å². The molecule has 0 heterocycles. The van der Waals surface area contributed by atoms with Crippen LogP contribution >= 0.6 is 11.6 Å². The van der Waals surface area contributed by atoms with Gasteiger partial charge in [0.05, 0.1) is 11.3 Å². The number of benzene rings is 1. The van der Waals surface area contributed by atoms with Gasteiger partial charge in [-0.25, -0.2) is 4.79 Å². The molecule has 0 unspecified atom stereocenters. The first kappa shape index (κ1) is 22.9. The molecule has 0 aromatic heterocycles. The van der Waals surface area contributed by atoms with Crippen molar-refractivity contribution in [3.8, 4) is 0 Å². The number of hydrogen-bond acceptors (Lipinski definition) is 3. The Bertz CT molecular complexity index is 866. The molecular weight excluding hydrogens is 428 g/mol. The second-order valence-corrected chi connectivity index (χ2v) is 10.6. The topological polar surface area (TPSA) is 99.3 Å². The molecule has 0 saturated heterocycles. The number of hydrogen-bond donors (Lipinski definition) is 4. The van der Waals surface area contributed by atoms with Crippen LogP contribution in [0.4, 0.5) is 10.5 Å². The highest BCUT2D eigenvalue weighted by Crippen LogP contribution is 2.55. The van der Waals surface area contributed by atoms with Gasteiger partial charge >= 0.3 is 6.03 Å². The monoisotopic (exact) mass is 460 g/mol. The van der Waals surface area contributed by atoms with Crippen molar-refractivity contribution < 1.29 is 14.4 Å². The molecule has 174 valence electrons. The number of halogens is 1. The van der Waals surface area contributed by atoms with E-state index in [1.807, 2.05) is 13.8 Å². The summed E-state index contributed by atoms with van der Waals surface area (Å²) in [6, 6.07) is 4.54. The lowest BCUT2D eigenvalue weighted by Gasteiger charge is -2.56. The number of urea groups is 1. The highest BCUT2D eigenvalue weighted by Gasteiger charge is 2.51. The summed E-state index contributed by atoms with van der Waals surface area (Å²) in [4.78, 5) is 37.4. The number of rotatable bonds is 7. The zero-order valence-electron chi connectivity index (χ0n) is 18.8. The summed E-state index contributed by atoms with van der Waals surface area (Å²) < 4.78 is 0. The van der Waals surface area contributed by atoms with Gasteiger partial charge in [0.1, 0.15) is 0 Å². The van der Waals surface area contributed by atoms with Gasteiger partial charge < -0.3 is 21.3 Å². The van der Waals surface area contributed by atoms with E-state index in [2.05, 4.69) is 21.3 Å². The van der Waals surface area contributed by atoms with Gasteiger partial charge in [-0.2, -0.15) is 0 Å². The second kappa shape index (κ2) is 9.30. The quantitative estimate of drug-likeness (QED) is 0.493. The average Bonchev–Trinajstić information content (AvgIpc) is 2.65. The second-order valence-electron chi connectivity index (χ2n) is 10.2. The summed E-state index contributed by atoms with van der Waals surface area (Å²) in [5, 5.41) is 12.1. The van der Waals surface area contributed by atoms with Crippen molar-refractivity contribution in [2.75, 3.05) is 11.9 Å². The molecule has 0 atom stereocenters. The highest BCUT2D eigenvalue weighted by atomic mass is 35.5. The lowest BCUT2D eigenvalue weighted by Crippen LogP contribution is -2.61. The summed E-state index contributed by atoms with van der Waals surface area (Å²) in [6.07, 6.45) is 7.33. The van der Waals surface area contributed by atoms with Crippen LogP contribution in [0.2, 0.25) is 5.02 Å². The standard InChI is InChI=1S/C24H33ClN4O3/c1-14(2)27-22(31)19-4-3-18(25)10-20(19)28-21(30)5-6-26-23(32)29-24-11-15-7-16(12-24)9-17(8-15)13-24/h3-4,10,14-17H,5-9,11-13H2,1-2H3,(H,27,31)(H,28,30)(H2,26,29,32). The molecule has 8 heteroatoms. The third-order valence-electron chi connectivity index (χ3n) is 6.97. The number of anilines is 1. The van der Waals surface area contributed by atoms with Gasteiger partial charge in [-0.1, -0.05) is 11.6 Å². The van der Waals surface area contributed by atoms with Crippen LogP contribution in [0.15, 0.2) is 18.2 Å². The molecule has 1 aromatic carbocycles. The largest absolute Gasteiger partial charge is 0.350 e. The van der Waals surface area contributed by atoms with Crippen LogP contribution in [-0.2, 0) is 4.79 Å². The summed E-state index contributed by atoms with van der Waals surface area (Å²) in [5.74, 6) is 1.70. The van der Waals surface area contributed by atoms with Gasteiger partial charge in [0.15, 0.2) is 0 Å². The van der Waals surface area contributed by atoms with Crippen molar-refractivity contribution in [1.82, 2.24) is 16.0 Å². The van der Waals surface area contributed by atoms with E-state index < -0.39 is 0 Å². The fourth-order valence-electron chi connectivity index (χ4n) is 6.21. The van der Waals surface area contributed by atoms with E-state index in [0.717, 1.165) is 37.0 Å². The zero-order valence-corrected chi connectivity index (χ0v) is 19.6. The molecule has 4 N–H and O–H groups in total. The van der Waals surface area contributed by atoms with Crippen LogP contribution in [0.1, 0.15) is 69.2 Å². The van der Waals surface area contributed by atoms with Crippen LogP contribution in [-0.4, -0.2) is 36.0 Å². The molecule has 4 bridgehead atoms. The molecule has 5 rings (SSSR count). The highest BCUT2D eigenvalue weighted by molar-refractivity contribution is 6.31. The van der Waals surface area contributed by atoms with E-state index in [0.29, 0.717) is 16.3 Å². The van der Waals surface area contributed by atoms with Crippen molar-refractivity contribution in [2.45, 2.75) is 70.4 Å². The molecule has 0 spiro atoms. The maximum Gasteiger partial charge on any atom is 0.315 e. The fraction of sp³-hybridized carbons (Fsp3) is 0.625. The van der Waals surface area contributed by atoms with Crippen molar-refractivity contribution in [3.63, 3.8) is 0 Å². The normalized spacial score (nSPS) is 27.8. The van der Waals surface area contributed by atoms with Crippen LogP contribution in [0, 0.1) is 17.8 Å². The summed E-state index contributed by atoms with van der Waals surface area (Å²) in [6.45, 7) is 3.95. The van der Waals surface area contributed by atoms with E-state index in [-0.39, 0.29) is 42.4 Å². The van der Waals surface area contributed by atoms with E-state index in [1.165, 1.54) is 19.3 Å². The number of amides is 4. The van der Waals surface area contributed by atoms with Crippen molar-refractivity contribution in [2.24, 2.45) is 17.8 Å². The zero-order chi connectivity index (χ0) is 22.9. The third kappa shape index (κ3) is 5.37. The molecule has 0 aliphatic heterocycles. The van der Waals surface area contributed by atoms with E-state index in [4.69, 9.17) is 11.6 Å². The van der Waals surface area contributed by atoms with E-state index >= 15 is 0 Å². The lowest BCUT2D eigenvalue weighted by atomic mass is 9.53. The van der Waals surface area contributed by atoms with E-state index in [9.17, 15) is 14.4 Å². The van der Waals surface area contributed by atoms with Crippen molar-refractivity contribution in [3.05, 3.63) is 28.8 Å². The molecule has 32 heavy (non-hydrogen) atoms. The Morgan fingerprint density at radius 3 is 2.28 bits per heavy atom. The van der Waals surface area contributed by atoms with Gasteiger partial charge in [-0.15, -0.1) is 0 Å². The van der Waals surface area contributed by atoms with Gasteiger partial charge in [-0.3, -0.25) is 9.59 Å². The molecule has 0 radical (unpaired) electrons. The third-order valence-corrected chi connectivity index (χ3v) is 7.21. The molecule has 4 saturated carbocycles. The first-order chi connectivity index (χ1) is 15.2. The minimum atomic E-state index is -0.291. The maximum atomic E-state index is 12.5. The Labute approximate surface area is 194 Å². The Balaban J connectivity index is 1.26. The molecule has 4 fully saturated rings. The van der Waals surface area contributed by atoms with E-state index in [1.54, 1.807) is 18.2 Å². The number of carbonyl (C=O) groups is 3. The summed E-state index contributed by atoms with van der Waals surface area (Å²) in [7, 11) is 0. The fourth-order valence-corrected chi connectivity index (χ4v) is 6.38. The molecule has 7 nitrogen and oxygen atoms in total. The molecule has 1 aromatic rings. The number of nitrogens with one attached hydrogen (secondary N) is 4. The predicted molar refractivity (Wildman–Crippen MR) is 125 cm³/mol. The van der Waals surface area contributed by atoms with Crippen LogP contribution in [0.3, 0.4) is 0 Å². The Morgan fingerprint density at radius 2 is 1.69 bits per heavy atom. The predicted octanol–water partition coefficient (Wildman–Crippen LogP) is 4.07. The summed E-state index contributed by atoms with van der Waals surface area (Å²) in [5.41, 5.74) is 0.656. The van der Waals surface area contributed by atoms with Crippen molar-refractivity contribution >= 4 is 35.1 Å². The Kier molecular flexibility index (Phi) is 6.65. The first-order valence-electron chi connectivity index (χ1n) is 11.7. The molecule has 4 amide bonds. The van der Waals surface area contributed by atoms with Crippen LogP contribution in [0.25, 0.3) is 0 Å². The van der Waals surface area contributed by atoms with Gasteiger partial charge in [0, 0.05) is 29.6 Å².